The highest BCUT2D eigenvalue weighted by Crippen LogP contribution is 2.34. The molecule has 0 aromatic heterocycles. The van der Waals surface area contributed by atoms with Gasteiger partial charge in [-0.25, -0.2) is 4.39 Å². The summed E-state index contributed by atoms with van der Waals surface area (Å²) in [6.07, 6.45) is 0. The molecule has 0 aliphatic heterocycles. The second-order valence-corrected chi connectivity index (χ2v) is 6.68. The molecule has 2 rings (SSSR count). The molecule has 19 heavy (non-hydrogen) atoms. The van der Waals surface area contributed by atoms with Crippen molar-refractivity contribution in [2.45, 2.75) is 6.04 Å². The van der Waals surface area contributed by atoms with E-state index in [4.69, 9.17) is 0 Å². The fourth-order valence-electron chi connectivity index (χ4n) is 1.95. The van der Waals surface area contributed by atoms with E-state index in [0.29, 0.717) is 0 Å². The molecular formula is C14H11Br3FN. The van der Waals surface area contributed by atoms with E-state index in [1.165, 1.54) is 12.1 Å². The van der Waals surface area contributed by atoms with E-state index in [1.54, 1.807) is 6.07 Å². The van der Waals surface area contributed by atoms with Crippen LogP contribution in [0, 0.1) is 5.82 Å². The van der Waals surface area contributed by atoms with Crippen LogP contribution in [0.3, 0.4) is 0 Å². The van der Waals surface area contributed by atoms with Gasteiger partial charge >= 0.3 is 0 Å². The highest BCUT2D eigenvalue weighted by Gasteiger charge is 2.18. The van der Waals surface area contributed by atoms with Gasteiger partial charge in [-0.1, -0.05) is 53.9 Å². The van der Waals surface area contributed by atoms with Crippen LogP contribution in [0.4, 0.5) is 4.39 Å². The van der Waals surface area contributed by atoms with Crippen molar-refractivity contribution in [2.75, 3.05) is 7.05 Å². The van der Waals surface area contributed by atoms with Crippen LogP contribution in [0.25, 0.3) is 0 Å². The van der Waals surface area contributed by atoms with Gasteiger partial charge in [-0.15, -0.1) is 0 Å². The van der Waals surface area contributed by atoms with Crippen LogP contribution in [0.15, 0.2) is 49.8 Å². The van der Waals surface area contributed by atoms with Gasteiger partial charge in [-0.2, -0.15) is 0 Å². The summed E-state index contributed by atoms with van der Waals surface area (Å²) in [5.41, 5.74) is 2.08. The van der Waals surface area contributed by atoms with Crippen molar-refractivity contribution >= 4 is 47.8 Å². The van der Waals surface area contributed by atoms with Gasteiger partial charge < -0.3 is 5.32 Å². The van der Waals surface area contributed by atoms with Crippen LogP contribution in [-0.2, 0) is 0 Å². The highest BCUT2D eigenvalue weighted by atomic mass is 79.9. The number of benzene rings is 2. The van der Waals surface area contributed by atoms with E-state index in [0.717, 1.165) is 24.5 Å². The van der Waals surface area contributed by atoms with E-state index in [-0.39, 0.29) is 11.9 Å². The molecule has 100 valence electrons. The average molecular weight is 452 g/mol. The number of nitrogens with one attached hydrogen (secondary N) is 1. The van der Waals surface area contributed by atoms with Gasteiger partial charge in [0.25, 0.3) is 0 Å². The second-order valence-electron chi connectivity index (χ2n) is 4.05. The van der Waals surface area contributed by atoms with Crippen molar-refractivity contribution in [2.24, 2.45) is 0 Å². The summed E-state index contributed by atoms with van der Waals surface area (Å²) in [4.78, 5) is 0. The summed E-state index contributed by atoms with van der Waals surface area (Å²) in [5.74, 6) is -0.251. The van der Waals surface area contributed by atoms with E-state index in [2.05, 4.69) is 53.1 Å². The molecule has 5 heteroatoms. The Labute approximate surface area is 137 Å². The number of hydrogen-bond donors (Lipinski definition) is 1. The zero-order chi connectivity index (χ0) is 14.0. The Balaban J connectivity index is 2.52. The van der Waals surface area contributed by atoms with Gasteiger partial charge in [-0.05, 0) is 48.5 Å². The van der Waals surface area contributed by atoms with Crippen molar-refractivity contribution in [1.82, 2.24) is 5.32 Å². The molecule has 2 aromatic carbocycles. The zero-order valence-corrected chi connectivity index (χ0v) is 14.8. The molecule has 1 atom stereocenters. The third-order valence-electron chi connectivity index (χ3n) is 2.83. The third-order valence-corrected chi connectivity index (χ3v) is 4.73. The number of hydrogen-bond acceptors (Lipinski definition) is 1. The molecule has 0 bridgehead atoms. The van der Waals surface area contributed by atoms with Gasteiger partial charge in [0.1, 0.15) is 5.82 Å². The molecule has 0 amide bonds. The maximum absolute atomic E-state index is 13.2. The minimum absolute atomic E-state index is 0.0261. The predicted molar refractivity (Wildman–Crippen MR) is 86.8 cm³/mol. The van der Waals surface area contributed by atoms with Crippen LogP contribution < -0.4 is 5.32 Å². The van der Waals surface area contributed by atoms with Crippen LogP contribution in [-0.4, -0.2) is 7.05 Å². The summed E-state index contributed by atoms with van der Waals surface area (Å²) in [7, 11) is 1.88. The maximum Gasteiger partial charge on any atom is 0.124 e. The van der Waals surface area contributed by atoms with Crippen molar-refractivity contribution < 1.29 is 4.39 Å². The standard InChI is InChI=1S/C14H11Br3FN/c1-19-14(10-4-3-9(18)7-13(10)17)11-6-8(15)2-5-12(11)16/h2-7,14,19H,1H3. The Morgan fingerprint density at radius 3 is 2.32 bits per heavy atom. The van der Waals surface area contributed by atoms with Crippen molar-refractivity contribution in [3.63, 3.8) is 0 Å². The first kappa shape index (κ1) is 15.2. The first-order chi connectivity index (χ1) is 9.02. The fraction of sp³-hybridized carbons (Fsp3) is 0.143. The molecule has 0 heterocycles. The molecule has 0 radical (unpaired) electrons. The first-order valence-electron chi connectivity index (χ1n) is 5.60. The molecule has 0 spiro atoms. The van der Waals surface area contributed by atoms with Crippen molar-refractivity contribution in [1.29, 1.82) is 0 Å². The molecule has 0 fully saturated rings. The minimum Gasteiger partial charge on any atom is -0.309 e. The monoisotopic (exact) mass is 449 g/mol. The van der Waals surface area contributed by atoms with E-state index >= 15 is 0 Å². The smallest absolute Gasteiger partial charge is 0.124 e. The quantitative estimate of drug-likeness (QED) is 0.656. The van der Waals surface area contributed by atoms with E-state index in [9.17, 15) is 4.39 Å². The summed E-state index contributed by atoms with van der Waals surface area (Å²) in [6.45, 7) is 0. The van der Waals surface area contributed by atoms with Gasteiger partial charge in [0.15, 0.2) is 0 Å². The Kier molecular flexibility index (Phi) is 5.17. The third kappa shape index (κ3) is 3.45. The summed E-state index contributed by atoms with van der Waals surface area (Å²) >= 11 is 10.5. The molecule has 1 nitrogen and oxygen atoms in total. The Hall–Kier alpha value is -0.230. The lowest BCUT2D eigenvalue weighted by atomic mass is 9.99. The van der Waals surface area contributed by atoms with Crippen LogP contribution >= 0.6 is 47.8 Å². The summed E-state index contributed by atoms with van der Waals surface area (Å²) < 4.78 is 16.0. The molecule has 0 saturated carbocycles. The fourth-order valence-corrected chi connectivity index (χ4v) is 3.38. The summed E-state index contributed by atoms with van der Waals surface area (Å²) in [6, 6.07) is 10.7. The van der Waals surface area contributed by atoms with Crippen molar-refractivity contribution in [3.8, 4) is 0 Å². The molecule has 1 N–H and O–H groups in total. The van der Waals surface area contributed by atoms with Crippen LogP contribution in [0.1, 0.15) is 17.2 Å². The Morgan fingerprint density at radius 1 is 0.947 bits per heavy atom. The second kappa shape index (κ2) is 6.48. The van der Waals surface area contributed by atoms with Crippen LogP contribution in [0.2, 0.25) is 0 Å². The average Bonchev–Trinajstić information content (AvgIpc) is 2.36. The topological polar surface area (TPSA) is 12.0 Å². The largest absolute Gasteiger partial charge is 0.309 e. The molecule has 0 aliphatic rings. The lowest BCUT2D eigenvalue weighted by Gasteiger charge is -2.20. The Bertz CT molecular complexity index is 601. The SMILES string of the molecule is CNC(c1ccc(F)cc1Br)c1cc(Br)ccc1Br. The number of rotatable bonds is 3. The first-order valence-corrected chi connectivity index (χ1v) is 7.98. The maximum atomic E-state index is 13.2. The van der Waals surface area contributed by atoms with Gasteiger partial charge in [0.05, 0.1) is 6.04 Å². The van der Waals surface area contributed by atoms with Crippen molar-refractivity contribution in [3.05, 3.63) is 66.8 Å². The van der Waals surface area contributed by atoms with E-state index < -0.39 is 0 Å². The normalized spacial score (nSPS) is 12.5. The summed E-state index contributed by atoms with van der Waals surface area (Å²) in [5, 5.41) is 3.26. The molecule has 0 aliphatic carbocycles. The zero-order valence-electron chi connectivity index (χ0n) is 10.1. The molecule has 2 aromatic rings. The molecule has 0 saturated heterocycles. The van der Waals surface area contributed by atoms with Gasteiger partial charge in [-0.3, -0.25) is 0 Å². The molecule has 1 unspecified atom stereocenters. The van der Waals surface area contributed by atoms with E-state index in [1.807, 2.05) is 25.2 Å². The van der Waals surface area contributed by atoms with Gasteiger partial charge in [0, 0.05) is 13.4 Å². The molecular weight excluding hydrogens is 441 g/mol. The minimum atomic E-state index is -0.251. The lowest BCUT2D eigenvalue weighted by Crippen LogP contribution is -2.18. The van der Waals surface area contributed by atoms with Crippen LogP contribution in [0.5, 0.6) is 0 Å². The lowest BCUT2D eigenvalue weighted by molar-refractivity contribution is 0.621. The Morgan fingerprint density at radius 2 is 1.68 bits per heavy atom. The number of halogens is 4. The van der Waals surface area contributed by atoms with Gasteiger partial charge in [0.2, 0.25) is 0 Å². The highest BCUT2D eigenvalue weighted by molar-refractivity contribution is 9.11. The predicted octanol–water partition coefficient (Wildman–Crippen LogP) is 5.42.